The lowest BCUT2D eigenvalue weighted by Crippen LogP contribution is -2.37. The average Bonchev–Trinajstić information content (AvgIpc) is 2.37. The van der Waals surface area contributed by atoms with Crippen LogP contribution in [0.4, 0.5) is 0 Å². The second-order valence-corrected chi connectivity index (χ2v) is 5.66. The van der Waals surface area contributed by atoms with Crippen molar-refractivity contribution in [2.45, 2.75) is 91.2 Å². The van der Waals surface area contributed by atoms with E-state index in [1.54, 1.807) is 0 Å². The van der Waals surface area contributed by atoms with Crippen LogP contribution in [0.5, 0.6) is 0 Å². The van der Waals surface area contributed by atoms with Gasteiger partial charge in [0.05, 0.1) is 6.10 Å². The molecule has 2 unspecified atom stereocenters. The van der Waals surface area contributed by atoms with Crippen LogP contribution in [0.25, 0.3) is 0 Å². The standard InChI is InChI=1S/C16H35NO/c1-5-8-9-10-11-12-14(4)17-13-16(18)15(6-2)7-3/h14-18H,5-13H2,1-4H3. The molecule has 0 aromatic carbocycles. The van der Waals surface area contributed by atoms with Gasteiger partial charge in [-0.05, 0) is 19.3 Å². The summed E-state index contributed by atoms with van der Waals surface area (Å²) in [6.07, 6.45) is 9.94. The number of hydrogen-bond acceptors (Lipinski definition) is 2. The van der Waals surface area contributed by atoms with E-state index in [0.717, 1.165) is 19.4 Å². The largest absolute Gasteiger partial charge is 0.392 e. The van der Waals surface area contributed by atoms with E-state index in [2.05, 4.69) is 33.0 Å². The van der Waals surface area contributed by atoms with Crippen LogP contribution in [0.2, 0.25) is 0 Å². The molecule has 0 amide bonds. The highest BCUT2D eigenvalue weighted by Gasteiger charge is 2.15. The van der Waals surface area contributed by atoms with Crippen LogP contribution in [0, 0.1) is 5.92 Å². The number of aliphatic hydroxyl groups is 1. The normalized spacial score (nSPS) is 15.0. The van der Waals surface area contributed by atoms with Crippen LogP contribution >= 0.6 is 0 Å². The zero-order valence-corrected chi connectivity index (χ0v) is 13.0. The van der Waals surface area contributed by atoms with Gasteiger partial charge in [0, 0.05) is 12.6 Å². The first-order chi connectivity index (χ1) is 8.65. The molecule has 2 nitrogen and oxygen atoms in total. The van der Waals surface area contributed by atoms with Gasteiger partial charge < -0.3 is 10.4 Å². The van der Waals surface area contributed by atoms with Crippen LogP contribution in [0.1, 0.15) is 79.1 Å². The fourth-order valence-corrected chi connectivity index (χ4v) is 2.48. The maximum atomic E-state index is 10.0. The van der Waals surface area contributed by atoms with Gasteiger partial charge in [0.1, 0.15) is 0 Å². The summed E-state index contributed by atoms with van der Waals surface area (Å²) < 4.78 is 0. The van der Waals surface area contributed by atoms with Gasteiger partial charge in [0.2, 0.25) is 0 Å². The van der Waals surface area contributed by atoms with Crippen molar-refractivity contribution in [3.05, 3.63) is 0 Å². The van der Waals surface area contributed by atoms with Gasteiger partial charge in [-0.1, -0.05) is 65.7 Å². The van der Waals surface area contributed by atoms with E-state index in [-0.39, 0.29) is 6.10 Å². The minimum absolute atomic E-state index is 0.178. The molecule has 2 N–H and O–H groups in total. The molecule has 0 aromatic rings. The Labute approximate surface area is 115 Å². The minimum atomic E-state index is -0.178. The van der Waals surface area contributed by atoms with Crippen LogP contribution in [-0.2, 0) is 0 Å². The SMILES string of the molecule is CCCCCCCC(C)NCC(O)C(CC)CC. The quantitative estimate of drug-likeness (QED) is 0.515. The molecule has 0 aliphatic heterocycles. The Bertz CT molecular complexity index is 168. The highest BCUT2D eigenvalue weighted by Crippen LogP contribution is 2.13. The fourth-order valence-electron chi connectivity index (χ4n) is 2.48. The summed E-state index contributed by atoms with van der Waals surface area (Å²) in [5.41, 5.74) is 0. The van der Waals surface area contributed by atoms with Crippen LogP contribution in [-0.4, -0.2) is 23.8 Å². The van der Waals surface area contributed by atoms with Crippen LogP contribution in [0.15, 0.2) is 0 Å². The molecular formula is C16H35NO. The Kier molecular flexibility index (Phi) is 11.9. The predicted molar refractivity (Wildman–Crippen MR) is 80.9 cm³/mol. The van der Waals surface area contributed by atoms with Gasteiger partial charge in [0.15, 0.2) is 0 Å². The first kappa shape index (κ1) is 17.9. The number of aliphatic hydroxyl groups excluding tert-OH is 1. The summed E-state index contributed by atoms with van der Waals surface area (Å²) in [5.74, 6) is 0.453. The third kappa shape index (κ3) is 8.93. The molecule has 0 aromatic heterocycles. The molecule has 0 rings (SSSR count). The van der Waals surface area contributed by atoms with Gasteiger partial charge in [-0.3, -0.25) is 0 Å². The number of hydrogen-bond donors (Lipinski definition) is 2. The smallest absolute Gasteiger partial charge is 0.0692 e. The Morgan fingerprint density at radius 3 is 2.11 bits per heavy atom. The first-order valence-corrected chi connectivity index (χ1v) is 8.07. The van der Waals surface area contributed by atoms with E-state index in [0.29, 0.717) is 12.0 Å². The molecule has 0 saturated heterocycles. The van der Waals surface area contributed by atoms with E-state index in [4.69, 9.17) is 0 Å². The Morgan fingerprint density at radius 2 is 1.56 bits per heavy atom. The lowest BCUT2D eigenvalue weighted by Gasteiger charge is -2.22. The van der Waals surface area contributed by atoms with E-state index in [1.807, 2.05) is 0 Å². The van der Waals surface area contributed by atoms with E-state index < -0.39 is 0 Å². The molecule has 0 fully saturated rings. The van der Waals surface area contributed by atoms with Crippen molar-refractivity contribution in [1.29, 1.82) is 0 Å². The third-order valence-corrected chi connectivity index (χ3v) is 4.01. The summed E-state index contributed by atoms with van der Waals surface area (Å²) in [5, 5.41) is 13.5. The molecule has 2 atom stereocenters. The first-order valence-electron chi connectivity index (χ1n) is 8.07. The second kappa shape index (κ2) is 12.0. The van der Waals surface area contributed by atoms with Gasteiger partial charge in [-0.15, -0.1) is 0 Å². The Morgan fingerprint density at radius 1 is 0.944 bits per heavy atom. The van der Waals surface area contributed by atoms with Crippen molar-refractivity contribution in [2.75, 3.05) is 6.54 Å². The molecule has 0 aliphatic rings. The highest BCUT2D eigenvalue weighted by atomic mass is 16.3. The minimum Gasteiger partial charge on any atom is -0.392 e. The van der Waals surface area contributed by atoms with Gasteiger partial charge in [-0.2, -0.15) is 0 Å². The van der Waals surface area contributed by atoms with Gasteiger partial charge in [-0.25, -0.2) is 0 Å². The van der Waals surface area contributed by atoms with Crippen molar-refractivity contribution < 1.29 is 5.11 Å². The van der Waals surface area contributed by atoms with Crippen molar-refractivity contribution in [1.82, 2.24) is 5.32 Å². The molecule has 18 heavy (non-hydrogen) atoms. The molecule has 0 bridgehead atoms. The Balaban J connectivity index is 3.53. The van der Waals surface area contributed by atoms with Gasteiger partial charge >= 0.3 is 0 Å². The molecule has 0 saturated carbocycles. The predicted octanol–water partition coefficient (Wildman–Crippen LogP) is 4.12. The number of rotatable bonds is 12. The fraction of sp³-hybridized carbons (Fsp3) is 1.00. The van der Waals surface area contributed by atoms with E-state index in [9.17, 15) is 5.11 Å². The van der Waals surface area contributed by atoms with Crippen molar-refractivity contribution in [3.8, 4) is 0 Å². The molecule has 0 aliphatic carbocycles. The van der Waals surface area contributed by atoms with Crippen molar-refractivity contribution >= 4 is 0 Å². The Hall–Kier alpha value is -0.0800. The zero-order chi connectivity index (χ0) is 13.8. The molecule has 2 heteroatoms. The monoisotopic (exact) mass is 257 g/mol. The summed E-state index contributed by atoms with van der Waals surface area (Å²) in [6.45, 7) is 9.56. The maximum absolute atomic E-state index is 10.0. The molecular weight excluding hydrogens is 222 g/mol. The summed E-state index contributed by atoms with van der Waals surface area (Å²) in [6, 6.07) is 0.538. The number of nitrogens with one attached hydrogen (secondary N) is 1. The molecule has 0 spiro atoms. The van der Waals surface area contributed by atoms with Crippen LogP contribution < -0.4 is 5.32 Å². The topological polar surface area (TPSA) is 32.3 Å². The summed E-state index contributed by atoms with van der Waals surface area (Å²) in [7, 11) is 0. The highest BCUT2D eigenvalue weighted by molar-refractivity contribution is 4.71. The maximum Gasteiger partial charge on any atom is 0.0692 e. The molecule has 0 radical (unpaired) electrons. The second-order valence-electron chi connectivity index (χ2n) is 5.66. The van der Waals surface area contributed by atoms with Crippen molar-refractivity contribution in [3.63, 3.8) is 0 Å². The molecule has 110 valence electrons. The summed E-state index contributed by atoms with van der Waals surface area (Å²) in [4.78, 5) is 0. The lowest BCUT2D eigenvalue weighted by atomic mass is 9.96. The third-order valence-electron chi connectivity index (χ3n) is 4.01. The summed E-state index contributed by atoms with van der Waals surface area (Å²) >= 11 is 0. The lowest BCUT2D eigenvalue weighted by molar-refractivity contribution is 0.0984. The number of unbranched alkanes of at least 4 members (excludes halogenated alkanes) is 4. The van der Waals surface area contributed by atoms with E-state index >= 15 is 0 Å². The van der Waals surface area contributed by atoms with E-state index in [1.165, 1.54) is 38.5 Å². The average molecular weight is 257 g/mol. The molecule has 0 heterocycles. The van der Waals surface area contributed by atoms with Gasteiger partial charge in [0.25, 0.3) is 0 Å². The van der Waals surface area contributed by atoms with Crippen molar-refractivity contribution in [2.24, 2.45) is 5.92 Å². The zero-order valence-electron chi connectivity index (χ0n) is 13.0. The van der Waals surface area contributed by atoms with Crippen LogP contribution in [0.3, 0.4) is 0 Å².